The average molecular weight is 184 g/mol. The molecular formula is C8H9FN2O2. The molecule has 1 amide bonds. The zero-order valence-corrected chi connectivity index (χ0v) is 6.99. The molecule has 0 saturated heterocycles. The molecule has 13 heavy (non-hydrogen) atoms. The second kappa shape index (κ2) is 3.10. The number of nitrogens with two attached hydrogens (primary N) is 1. The van der Waals surface area contributed by atoms with Crippen molar-refractivity contribution in [1.82, 2.24) is 4.98 Å². The average Bonchev–Trinajstić information content (AvgIpc) is 2.04. The molecule has 1 rings (SSSR count). The second-order valence-electron chi connectivity index (χ2n) is 2.80. The number of pyridine rings is 1. The number of primary amides is 1. The predicted molar refractivity (Wildman–Crippen MR) is 43.0 cm³/mol. The van der Waals surface area contributed by atoms with Gasteiger partial charge in [-0.25, -0.2) is 4.39 Å². The van der Waals surface area contributed by atoms with Crippen LogP contribution in [0.25, 0.3) is 0 Å². The van der Waals surface area contributed by atoms with Crippen LogP contribution in [0, 0.1) is 5.82 Å². The number of amides is 1. The Morgan fingerprint density at radius 1 is 1.69 bits per heavy atom. The molecule has 0 aliphatic rings. The Labute approximate surface area is 74.2 Å². The Bertz CT molecular complexity index is 321. The normalized spacial score (nSPS) is 15.0. The van der Waals surface area contributed by atoms with Crippen LogP contribution in [-0.2, 0) is 10.4 Å². The molecule has 0 aliphatic heterocycles. The number of aliphatic hydroxyl groups is 1. The van der Waals surface area contributed by atoms with E-state index in [-0.39, 0.29) is 5.69 Å². The highest BCUT2D eigenvalue weighted by molar-refractivity contribution is 5.83. The third kappa shape index (κ3) is 1.81. The number of hydrogen-bond donors (Lipinski definition) is 2. The van der Waals surface area contributed by atoms with Gasteiger partial charge in [0, 0.05) is 0 Å². The predicted octanol–water partition coefficient (Wildman–Crippen LogP) is -0.0865. The number of aromatic nitrogens is 1. The minimum Gasteiger partial charge on any atom is -0.374 e. The molecule has 0 aliphatic carbocycles. The standard InChI is InChI=1S/C8H9FN2O2/c1-8(13,7(10)12)6-3-2-5(9)4-11-6/h2-4,13H,1H3,(H2,10,12). The Kier molecular flexibility index (Phi) is 2.29. The maximum atomic E-state index is 12.4. The Hall–Kier alpha value is -1.49. The van der Waals surface area contributed by atoms with E-state index in [2.05, 4.69) is 4.98 Å². The third-order valence-electron chi connectivity index (χ3n) is 1.71. The Morgan fingerprint density at radius 3 is 2.69 bits per heavy atom. The van der Waals surface area contributed by atoms with Gasteiger partial charge in [-0.2, -0.15) is 0 Å². The number of rotatable bonds is 2. The highest BCUT2D eigenvalue weighted by Gasteiger charge is 2.31. The summed E-state index contributed by atoms with van der Waals surface area (Å²) in [5.41, 5.74) is 3.09. The molecule has 1 heterocycles. The summed E-state index contributed by atoms with van der Waals surface area (Å²) >= 11 is 0. The number of halogens is 1. The number of carbonyl (C=O) groups is 1. The van der Waals surface area contributed by atoms with Crippen LogP contribution in [0.15, 0.2) is 18.3 Å². The first kappa shape index (κ1) is 9.60. The lowest BCUT2D eigenvalue weighted by Gasteiger charge is -2.17. The van der Waals surface area contributed by atoms with Gasteiger partial charge in [0.05, 0.1) is 11.9 Å². The van der Waals surface area contributed by atoms with Crippen molar-refractivity contribution in [2.75, 3.05) is 0 Å². The van der Waals surface area contributed by atoms with Gasteiger partial charge in [0.1, 0.15) is 5.82 Å². The van der Waals surface area contributed by atoms with Crippen molar-refractivity contribution < 1.29 is 14.3 Å². The summed E-state index contributed by atoms with van der Waals surface area (Å²) in [6.45, 7) is 1.20. The van der Waals surface area contributed by atoms with Crippen molar-refractivity contribution >= 4 is 5.91 Å². The summed E-state index contributed by atoms with van der Waals surface area (Å²) in [7, 11) is 0. The lowest BCUT2D eigenvalue weighted by atomic mass is 10.0. The van der Waals surface area contributed by atoms with Gasteiger partial charge in [-0.3, -0.25) is 9.78 Å². The first-order valence-corrected chi connectivity index (χ1v) is 3.59. The van der Waals surface area contributed by atoms with E-state index in [1.807, 2.05) is 0 Å². The van der Waals surface area contributed by atoms with Crippen LogP contribution in [0.2, 0.25) is 0 Å². The highest BCUT2D eigenvalue weighted by atomic mass is 19.1. The molecule has 70 valence electrons. The van der Waals surface area contributed by atoms with Crippen LogP contribution in [0.3, 0.4) is 0 Å². The molecule has 1 aromatic heterocycles. The molecule has 0 radical (unpaired) electrons. The van der Waals surface area contributed by atoms with Crippen molar-refractivity contribution in [3.05, 3.63) is 29.8 Å². The lowest BCUT2D eigenvalue weighted by Crippen LogP contribution is -2.38. The van der Waals surface area contributed by atoms with E-state index in [1.165, 1.54) is 13.0 Å². The molecule has 1 atom stereocenters. The molecule has 1 unspecified atom stereocenters. The second-order valence-corrected chi connectivity index (χ2v) is 2.80. The van der Waals surface area contributed by atoms with E-state index in [0.29, 0.717) is 0 Å². The van der Waals surface area contributed by atoms with Gasteiger partial charge in [0.15, 0.2) is 5.60 Å². The summed E-state index contributed by atoms with van der Waals surface area (Å²) in [5.74, 6) is -1.46. The largest absolute Gasteiger partial charge is 0.374 e. The summed E-state index contributed by atoms with van der Waals surface area (Å²) in [4.78, 5) is 14.3. The van der Waals surface area contributed by atoms with Crippen molar-refractivity contribution in [1.29, 1.82) is 0 Å². The van der Waals surface area contributed by atoms with Gasteiger partial charge in [-0.15, -0.1) is 0 Å². The zero-order chi connectivity index (χ0) is 10.1. The fourth-order valence-corrected chi connectivity index (χ4v) is 0.790. The van der Waals surface area contributed by atoms with E-state index >= 15 is 0 Å². The maximum Gasteiger partial charge on any atom is 0.255 e. The fraction of sp³-hybridized carbons (Fsp3) is 0.250. The zero-order valence-electron chi connectivity index (χ0n) is 6.99. The molecular weight excluding hydrogens is 175 g/mol. The van der Waals surface area contributed by atoms with E-state index < -0.39 is 17.3 Å². The van der Waals surface area contributed by atoms with E-state index in [4.69, 9.17) is 5.73 Å². The Morgan fingerprint density at radius 2 is 2.31 bits per heavy atom. The first-order valence-electron chi connectivity index (χ1n) is 3.59. The van der Waals surface area contributed by atoms with Crippen molar-refractivity contribution in [3.63, 3.8) is 0 Å². The molecule has 0 bridgehead atoms. The van der Waals surface area contributed by atoms with Crippen LogP contribution in [-0.4, -0.2) is 16.0 Å². The summed E-state index contributed by atoms with van der Waals surface area (Å²) in [5, 5.41) is 9.49. The fourth-order valence-electron chi connectivity index (χ4n) is 0.790. The first-order chi connectivity index (χ1) is 5.94. The van der Waals surface area contributed by atoms with Crippen LogP contribution in [0.4, 0.5) is 4.39 Å². The quantitative estimate of drug-likeness (QED) is 0.674. The molecule has 1 aromatic rings. The summed E-state index contributed by atoms with van der Waals surface area (Å²) in [6.07, 6.45) is 0.909. The van der Waals surface area contributed by atoms with E-state index in [9.17, 15) is 14.3 Å². The van der Waals surface area contributed by atoms with Gasteiger partial charge < -0.3 is 10.8 Å². The summed E-state index contributed by atoms with van der Waals surface area (Å²) < 4.78 is 12.4. The Balaban J connectivity index is 3.08. The third-order valence-corrected chi connectivity index (χ3v) is 1.71. The number of carbonyl (C=O) groups excluding carboxylic acids is 1. The van der Waals surface area contributed by atoms with E-state index in [0.717, 1.165) is 12.3 Å². The van der Waals surface area contributed by atoms with E-state index in [1.54, 1.807) is 0 Å². The van der Waals surface area contributed by atoms with Gasteiger partial charge in [-0.1, -0.05) is 0 Å². The van der Waals surface area contributed by atoms with Gasteiger partial charge >= 0.3 is 0 Å². The topological polar surface area (TPSA) is 76.2 Å². The minimum absolute atomic E-state index is 0.0291. The molecule has 3 N–H and O–H groups in total. The molecule has 4 nitrogen and oxygen atoms in total. The van der Waals surface area contributed by atoms with Crippen LogP contribution in [0.1, 0.15) is 12.6 Å². The van der Waals surface area contributed by atoms with Gasteiger partial charge in [0.25, 0.3) is 5.91 Å². The minimum atomic E-state index is -1.85. The lowest BCUT2D eigenvalue weighted by molar-refractivity contribution is -0.135. The maximum absolute atomic E-state index is 12.4. The molecule has 0 spiro atoms. The SMILES string of the molecule is CC(O)(C(N)=O)c1ccc(F)cn1. The highest BCUT2D eigenvalue weighted by Crippen LogP contribution is 2.17. The van der Waals surface area contributed by atoms with Crippen molar-refractivity contribution in [2.24, 2.45) is 5.73 Å². The van der Waals surface area contributed by atoms with Crippen LogP contribution >= 0.6 is 0 Å². The number of hydrogen-bond acceptors (Lipinski definition) is 3. The van der Waals surface area contributed by atoms with Crippen molar-refractivity contribution in [2.45, 2.75) is 12.5 Å². The summed E-state index contributed by atoms with van der Waals surface area (Å²) in [6, 6.07) is 2.31. The van der Waals surface area contributed by atoms with Gasteiger partial charge in [0.2, 0.25) is 0 Å². The molecule has 5 heteroatoms. The number of nitrogens with zero attached hydrogens (tertiary/aromatic N) is 1. The molecule has 0 aromatic carbocycles. The van der Waals surface area contributed by atoms with Crippen LogP contribution < -0.4 is 5.73 Å². The van der Waals surface area contributed by atoms with Crippen LogP contribution in [0.5, 0.6) is 0 Å². The monoisotopic (exact) mass is 184 g/mol. The smallest absolute Gasteiger partial charge is 0.255 e. The molecule has 0 fully saturated rings. The van der Waals surface area contributed by atoms with Crippen molar-refractivity contribution in [3.8, 4) is 0 Å². The van der Waals surface area contributed by atoms with Gasteiger partial charge in [-0.05, 0) is 19.1 Å². The molecule has 0 saturated carbocycles.